The number of ether oxygens (including phenoxy) is 1. The normalized spacial score (nSPS) is 11.0. The predicted molar refractivity (Wildman–Crippen MR) is 114 cm³/mol. The summed E-state index contributed by atoms with van der Waals surface area (Å²) in [7, 11) is 1.47. The van der Waals surface area contributed by atoms with E-state index in [1.165, 1.54) is 13.2 Å². The van der Waals surface area contributed by atoms with Crippen LogP contribution in [0.2, 0.25) is 0 Å². The van der Waals surface area contributed by atoms with Crippen LogP contribution in [0.5, 0.6) is 11.5 Å². The molecule has 2 aromatic heterocycles. The van der Waals surface area contributed by atoms with Gasteiger partial charge in [0.25, 0.3) is 5.91 Å². The number of hydrogen-bond donors (Lipinski definition) is 3. The number of aromatic nitrogens is 4. The summed E-state index contributed by atoms with van der Waals surface area (Å²) in [4.78, 5) is 16.8. The molecule has 4 rings (SSSR count). The molecule has 30 heavy (non-hydrogen) atoms. The van der Waals surface area contributed by atoms with Crippen LogP contribution < -0.4 is 10.1 Å². The number of amides is 1. The third kappa shape index (κ3) is 3.26. The number of H-pyrrole nitrogens is 1. The van der Waals surface area contributed by atoms with E-state index >= 15 is 0 Å². The Morgan fingerprint density at radius 3 is 2.83 bits per heavy atom. The lowest BCUT2D eigenvalue weighted by Gasteiger charge is -2.13. The van der Waals surface area contributed by atoms with Crippen LogP contribution in [0.1, 0.15) is 29.9 Å². The van der Waals surface area contributed by atoms with Gasteiger partial charge in [0.1, 0.15) is 23.4 Å². The lowest BCUT2D eigenvalue weighted by Crippen LogP contribution is -2.23. The van der Waals surface area contributed by atoms with Crippen molar-refractivity contribution in [2.75, 3.05) is 13.7 Å². The number of aromatic amines is 1. The zero-order chi connectivity index (χ0) is 21.3. The minimum Gasteiger partial charge on any atom is -0.507 e. The van der Waals surface area contributed by atoms with E-state index in [2.05, 4.69) is 27.4 Å². The average molecular weight is 405 g/mol. The van der Waals surface area contributed by atoms with Crippen LogP contribution in [0.25, 0.3) is 27.8 Å². The molecule has 0 atom stereocenters. The highest BCUT2D eigenvalue weighted by Gasteiger charge is 2.19. The maximum Gasteiger partial charge on any atom is 0.258 e. The Balaban J connectivity index is 1.78. The molecule has 8 nitrogen and oxygen atoms in total. The highest BCUT2D eigenvalue weighted by Crippen LogP contribution is 2.33. The van der Waals surface area contributed by atoms with Crippen LogP contribution in [-0.2, 0) is 6.42 Å². The van der Waals surface area contributed by atoms with E-state index < -0.39 is 0 Å². The molecule has 0 spiro atoms. The molecule has 0 saturated heterocycles. The van der Waals surface area contributed by atoms with Gasteiger partial charge < -0.3 is 15.2 Å². The van der Waals surface area contributed by atoms with Crippen molar-refractivity contribution in [3.63, 3.8) is 0 Å². The number of rotatable bonds is 6. The molecule has 0 aliphatic carbocycles. The fourth-order valence-electron chi connectivity index (χ4n) is 3.59. The van der Waals surface area contributed by atoms with Crippen LogP contribution in [0.3, 0.4) is 0 Å². The molecular weight excluding hydrogens is 382 g/mol. The van der Waals surface area contributed by atoms with E-state index in [1.54, 1.807) is 12.4 Å². The van der Waals surface area contributed by atoms with Crippen LogP contribution in [0.15, 0.2) is 42.9 Å². The molecule has 0 aliphatic heterocycles. The molecule has 0 radical (unpaired) electrons. The number of fused-ring (bicyclic) bond motifs is 1. The van der Waals surface area contributed by atoms with Gasteiger partial charge in [0.2, 0.25) is 0 Å². The zero-order valence-electron chi connectivity index (χ0n) is 17.1. The van der Waals surface area contributed by atoms with Crippen LogP contribution >= 0.6 is 0 Å². The minimum absolute atomic E-state index is 0.113. The lowest BCUT2D eigenvalue weighted by molar-refractivity contribution is 0.0950. The fourth-order valence-corrected chi connectivity index (χ4v) is 3.59. The van der Waals surface area contributed by atoms with E-state index in [-0.39, 0.29) is 17.2 Å². The number of hydrogen-bond acceptors (Lipinski definition) is 5. The SMILES string of the molecule is CCNC(=O)c1c(O)cc(-n2cnc3cc(-c4c[nH]nc4CC)ccc32)cc1OC. The van der Waals surface area contributed by atoms with Crippen LogP contribution in [-0.4, -0.2) is 44.4 Å². The van der Waals surface area contributed by atoms with E-state index in [4.69, 9.17) is 4.74 Å². The van der Waals surface area contributed by atoms with Crippen LogP contribution in [0, 0.1) is 0 Å². The lowest BCUT2D eigenvalue weighted by atomic mass is 10.0. The van der Waals surface area contributed by atoms with Crippen molar-refractivity contribution in [3.05, 3.63) is 54.1 Å². The van der Waals surface area contributed by atoms with Crippen molar-refractivity contribution < 1.29 is 14.6 Å². The van der Waals surface area contributed by atoms with E-state index in [9.17, 15) is 9.90 Å². The molecule has 154 valence electrons. The number of aromatic hydroxyl groups is 1. The predicted octanol–water partition coefficient (Wildman–Crippen LogP) is 3.44. The number of aryl methyl sites for hydroxylation is 1. The Labute approximate surface area is 173 Å². The number of carbonyl (C=O) groups excluding carboxylic acids is 1. The Morgan fingerprint density at radius 1 is 1.27 bits per heavy atom. The molecule has 0 fully saturated rings. The number of methoxy groups -OCH3 is 1. The fraction of sp³-hybridized carbons (Fsp3) is 0.227. The maximum absolute atomic E-state index is 12.3. The first-order valence-corrected chi connectivity index (χ1v) is 9.77. The molecule has 0 bridgehead atoms. The summed E-state index contributed by atoms with van der Waals surface area (Å²) in [5, 5.41) is 20.4. The number of nitrogens with zero attached hydrogens (tertiary/aromatic N) is 3. The van der Waals surface area contributed by atoms with Crippen molar-refractivity contribution in [1.82, 2.24) is 25.1 Å². The number of phenols is 1. The number of imidazole rings is 1. The molecule has 2 aromatic carbocycles. The number of benzene rings is 2. The van der Waals surface area contributed by atoms with Crippen molar-refractivity contribution in [2.45, 2.75) is 20.3 Å². The number of phenolic OH excluding ortho intramolecular Hbond substituents is 1. The Hall–Kier alpha value is -3.81. The molecular formula is C22H23N5O3. The van der Waals surface area contributed by atoms with Crippen molar-refractivity contribution in [2.24, 2.45) is 0 Å². The highest BCUT2D eigenvalue weighted by atomic mass is 16.5. The topological polar surface area (TPSA) is 105 Å². The van der Waals surface area contributed by atoms with Gasteiger partial charge in [-0.3, -0.25) is 14.5 Å². The third-order valence-corrected chi connectivity index (χ3v) is 5.04. The van der Waals surface area contributed by atoms with Gasteiger partial charge in [0.05, 0.1) is 29.5 Å². The quantitative estimate of drug-likeness (QED) is 0.456. The second kappa shape index (κ2) is 7.90. The first kappa shape index (κ1) is 19.5. The van der Waals surface area contributed by atoms with Crippen molar-refractivity contribution in [3.8, 4) is 28.3 Å². The molecule has 4 aromatic rings. The summed E-state index contributed by atoms with van der Waals surface area (Å²) in [6, 6.07) is 9.25. The first-order valence-electron chi connectivity index (χ1n) is 9.77. The molecule has 8 heteroatoms. The van der Waals surface area contributed by atoms with Gasteiger partial charge in [-0.05, 0) is 31.0 Å². The smallest absolute Gasteiger partial charge is 0.258 e. The van der Waals surface area contributed by atoms with Gasteiger partial charge in [-0.25, -0.2) is 4.98 Å². The van der Waals surface area contributed by atoms with E-state index in [1.807, 2.05) is 35.9 Å². The maximum atomic E-state index is 12.3. The van der Waals surface area contributed by atoms with Gasteiger partial charge in [0, 0.05) is 30.4 Å². The summed E-state index contributed by atoms with van der Waals surface area (Å²) in [6.07, 6.45) is 4.41. The summed E-state index contributed by atoms with van der Waals surface area (Å²) in [5.74, 6) is -0.245. The molecule has 1 amide bonds. The van der Waals surface area contributed by atoms with Gasteiger partial charge >= 0.3 is 0 Å². The van der Waals surface area contributed by atoms with Gasteiger partial charge in [0.15, 0.2) is 0 Å². The minimum atomic E-state index is -0.384. The Morgan fingerprint density at radius 2 is 2.10 bits per heavy atom. The van der Waals surface area contributed by atoms with E-state index in [0.29, 0.717) is 18.0 Å². The Bertz CT molecular complexity index is 1220. The molecule has 0 aliphatic rings. The molecule has 0 saturated carbocycles. The summed E-state index contributed by atoms with van der Waals surface area (Å²) >= 11 is 0. The zero-order valence-corrected chi connectivity index (χ0v) is 17.1. The number of nitrogens with one attached hydrogen (secondary N) is 2. The molecule has 0 unspecified atom stereocenters. The first-order chi connectivity index (χ1) is 14.6. The molecule has 3 N–H and O–H groups in total. The second-order valence-electron chi connectivity index (χ2n) is 6.82. The van der Waals surface area contributed by atoms with Gasteiger partial charge in [-0.1, -0.05) is 13.0 Å². The second-order valence-corrected chi connectivity index (χ2v) is 6.82. The van der Waals surface area contributed by atoms with Crippen LogP contribution in [0.4, 0.5) is 0 Å². The van der Waals surface area contributed by atoms with Gasteiger partial charge in [-0.2, -0.15) is 5.10 Å². The monoisotopic (exact) mass is 405 g/mol. The highest BCUT2D eigenvalue weighted by molar-refractivity contribution is 6.00. The third-order valence-electron chi connectivity index (χ3n) is 5.04. The average Bonchev–Trinajstić information content (AvgIpc) is 3.39. The van der Waals surface area contributed by atoms with Crippen molar-refractivity contribution >= 4 is 16.9 Å². The standard InChI is InChI=1S/C22H23N5O3/c1-4-16-15(11-25-26-16)13-6-7-18-17(8-13)24-12-27(18)14-9-19(28)21(20(10-14)30-3)22(29)23-5-2/h6-12,28H,4-5H2,1-3H3,(H,23,29)(H,25,26). The van der Waals surface area contributed by atoms with E-state index in [0.717, 1.165) is 34.3 Å². The summed E-state index contributed by atoms with van der Waals surface area (Å²) < 4.78 is 7.22. The number of carbonyl (C=O) groups is 1. The van der Waals surface area contributed by atoms with Gasteiger partial charge in [-0.15, -0.1) is 0 Å². The molecule has 2 heterocycles. The Kier molecular flexibility index (Phi) is 5.14. The van der Waals surface area contributed by atoms with Crippen molar-refractivity contribution in [1.29, 1.82) is 0 Å². The largest absolute Gasteiger partial charge is 0.507 e. The summed E-state index contributed by atoms with van der Waals surface area (Å²) in [5.41, 5.74) is 5.52. The summed E-state index contributed by atoms with van der Waals surface area (Å²) in [6.45, 7) is 4.33.